The smallest absolute Gasteiger partial charge is 0.172 e. The monoisotopic (exact) mass is 230 g/mol. The van der Waals surface area contributed by atoms with Crippen LogP contribution in [0.5, 0.6) is 0 Å². The fraction of sp³-hybridized carbons (Fsp3) is 0.214. The Morgan fingerprint density at radius 1 is 1.12 bits per heavy atom. The highest BCUT2D eigenvalue weighted by atomic mass is 32.1. The lowest BCUT2D eigenvalue weighted by atomic mass is 9.79. The normalized spacial score (nSPS) is 11.4. The molecular formula is C14H14OS. The van der Waals surface area contributed by atoms with Gasteiger partial charge in [-0.2, -0.15) is 11.3 Å². The Morgan fingerprint density at radius 3 is 2.38 bits per heavy atom. The largest absolute Gasteiger partial charge is 0.293 e. The maximum absolute atomic E-state index is 12.4. The van der Waals surface area contributed by atoms with Gasteiger partial charge < -0.3 is 0 Å². The van der Waals surface area contributed by atoms with Gasteiger partial charge in [0, 0.05) is 5.56 Å². The van der Waals surface area contributed by atoms with Gasteiger partial charge in [0.1, 0.15) is 0 Å². The van der Waals surface area contributed by atoms with Gasteiger partial charge in [-0.15, -0.1) is 0 Å². The van der Waals surface area contributed by atoms with Gasteiger partial charge in [0.05, 0.1) is 5.41 Å². The highest BCUT2D eigenvalue weighted by Crippen LogP contribution is 2.29. The van der Waals surface area contributed by atoms with Crippen LogP contribution in [0, 0.1) is 0 Å². The van der Waals surface area contributed by atoms with Crippen LogP contribution in [-0.2, 0) is 5.41 Å². The molecule has 0 fully saturated rings. The molecule has 0 aliphatic rings. The molecule has 0 saturated heterocycles. The lowest BCUT2D eigenvalue weighted by Gasteiger charge is -2.22. The van der Waals surface area contributed by atoms with Crippen LogP contribution >= 0.6 is 11.3 Å². The van der Waals surface area contributed by atoms with Crippen molar-refractivity contribution >= 4 is 17.1 Å². The van der Waals surface area contributed by atoms with Crippen LogP contribution in [0.4, 0.5) is 0 Å². The summed E-state index contributed by atoms with van der Waals surface area (Å²) in [5.41, 5.74) is 1.42. The number of ketones is 1. The van der Waals surface area contributed by atoms with E-state index in [0.717, 1.165) is 11.1 Å². The predicted molar refractivity (Wildman–Crippen MR) is 68.1 cm³/mol. The second-order valence-electron chi connectivity index (χ2n) is 4.33. The fourth-order valence-electron chi connectivity index (χ4n) is 1.70. The van der Waals surface area contributed by atoms with E-state index in [1.54, 1.807) is 11.3 Å². The first-order valence-corrected chi connectivity index (χ1v) is 6.19. The highest BCUT2D eigenvalue weighted by molar-refractivity contribution is 7.08. The molecule has 0 atom stereocenters. The molecule has 0 N–H and O–H groups in total. The zero-order valence-electron chi connectivity index (χ0n) is 9.44. The summed E-state index contributed by atoms with van der Waals surface area (Å²) in [5, 5.41) is 4.05. The Bertz CT molecular complexity index is 469. The number of carbonyl (C=O) groups is 1. The van der Waals surface area contributed by atoms with Crippen molar-refractivity contribution in [3.05, 3.63) is 58.3 Å². The summed E-state index contributed by atoms with van der Waals surface area (Å²) in [5.74, 6) is 0.173. The van der Waals surface area contributed by atoms with E-state index in [2.05, 4.69) is 0 Å². The van der Waals surface area contributed by atoms with Crippen molar-refractivity contribution in [3.8, 4) is 0 Å². The number of thiophene rings is 1. The van der Waals surface area contributed by atoms with Crippen LogP contribution in [0.15, 0.2) is 47.2 Å². The Balaban J connectivity index is 2.36. The van der Waals surface area contributed by atoms with Gasteiger partial charge >= 0.3 is 0 Å². The van der Waals surface area contributed by atoms with Gasteiger partial charge in [0.25, 0.3) is 0 Å². The van der Waals surface area contributed by atoms with Crippen molar-refractivity contribution in [3.63, 3.8) is 0 Å². The second kappa shape index (κ2) is 4.22. The summed E-state index contributed by atoms with van der Waals surface area (Å²) >= 11 is 1.63. The number of hydrogen-bond donors (Lipinski definition) is 0. The number of benzene rings is 1. The second-order valence-corrected chi connectivity index (χ2v) is 5.11. The predicted octanol–water partition coefficient (Wildman–Crippen LogP) is 3.91. The molecule has 82 valence electrons. The topological polar surface area (TPSA) is 17.1 Å². The molecule has 0 saturated carbocycles. The molecule has 0 bridgehead atoms. The molecule has 1 aromatic carbocycles. The summed E-state index contributed by atoms with van der Waals surface area (Å²) in [6, 6.07) is 11.5. The molecule has 0 amide bonds. The first-order valence-electron chi connectivity index (χ1n) is 5.25. The zero-order chi connectivity index (χ0) is 11.6. The maximum atomic E-state index is 12.4. The summed E-state index contributed by atoms with van der Waals surface area (Å²) in [6.07, 6.45) is 0. The minimum atomic E-state index is -0.443. The lowest BCUT2D eigenvalue weighted by Crippen LogP contribution is -2.28. The Morgan fingerprint density at radius 2 is 1.81 bits per heavy atom. The van der Waals surface area contributed by atoms with Gasteiger partial charge in [0.15, 0.2) is 5.78 Å². The molecule has 1 aromatic heterocycles. The SMILES string of the molecule is CC(C)(C(=O)c1ccccc1)c1ccsc1. The van der Waals surface area contributed by atoms with E-state index in [1.165, 1.54) is 0 Å². The number of hydrogen-bond acceptors (Lipinski definition) is 2. The average Bonchev–Trinajstić information content (AvgIpc) is 2.83. The van der Waals surface area contributed by atoms with Crippen LogP contribution < -0.4 is 0 Å². The molecule has 2 rings (SSSR count). The maximum Gasteiger partial charge on any atom is 0.172 e. The summed E-state index contributed by atoms with van der Waals surface area (Å²) in [4.78, 5) is 12.4. The van der Waals surface area contributed by atoms with Crippen LogP contribution in [0.1, 0.15) is 29.8 Å². The molecule has 0 aliphatic carbocycles. The van der Waals surface area contributed by atoms with Gasteiger partial charge in [-0.1, -0.05) is 30.3 Å². The van der Waals surface area contributed by atoms with E-state index in [-0.39, 0.29) is 5.78 Å². The molecule has 0 radical (unpaired) electrons. The van der Waals surface area contributed by atoms with E-state index in [0.29, 0.717) is 0 Å². The van der Waals surface area contributed by atoms with E-state index in [4.69, 9.17) is 0 Å². The van der Waals surface area contributed by atoms with Crippen molar-refractivity contribution in [1.82, 2.24) is 0 Å². The molecule has 1 nitrogen and oxygen atoms in total. The molecule has 0 unspecified atom stereocenters. The van der Waals surface area contributed by atoms with Crippen LogP contribution in [0.3, 0.4) is 0 Å². The minimum absolute atomic E-state index is 0.173. The molecule has 1 heterocycles. The minimum Gasteiger partial charge on any atom is -0.293 e. The highest BCUT2D eigenvalue weighted by Gasteiger charge is 2.30. The van der Waals surface area contributed by atoms with Crippen molar-refractivity contribution in [2.45, 2.75) is 19.3 Å². The molecule has 16 heavy (non-hydrogen) atoms. The Hall–Kier alpha value is -1.41. The number of carbonyl (C=O) groups excluding carboxylic acids is 1. The summed E-state index contributed by atoms with van der Waals surface area (Å²) < 4.78 is 0. The Labute approximate surface area is 99.8 Å². The van der Waals surface area contributed by atoms with Crippen LogP contribution in [0.25, 0.3) is 0 Å². The number of Topliss-reactive ketones (excluding diaryl/α,β-unsaturated/α-hetero) is 1. The van der Waals surface area contributed by atoms with Crippen molar-refractivity contribution in [2.24, 2.45) is 0 Å². The fourth-order valence-corrected chi connectivity index (χ4v) is 2.53. The van der Waals surface area contributed by atoms with Gasteiger partial charge in [0.2, 0.25) is 0 Å². The molecule has 0 aliphatic heterocycles. The van der Waals surface area contributed by atoms with E-state index in [9.17, 15) is 4.79 Å². The molecule has 2 aromatic rings. The quantitative estimate of drug-likeness (QED) is 0.731. The third kappa shape index (κ3) is 1.93. The Kier molecular flexibility index (Phi) is 2.92. The van der Waals surface area contributed by atoms with E-state index >= 15 is 0 Å². The van der Waals surface area contributed by atoms with Crippen molar-refractivity contribution in [1.29, 1.82) is 0 Å². The molecule has 0 spiro atoms. The first kappa shape index (κ1) is 11.1. The van der Waals surface area contributed by atoms with Crippen LogP contribution in [0.2, 0.25) is 0 Å². The van der Waals surface area contributed by atoms with Gasteiger partial charge in [-0.05, 0) is 36.2 Å². The zero-order valence-corrected chi connectivity index (χ0v) is 10.3. The third-order valence-electron chi connectivity index (χ3n) is 2.85. The van der Waals surface area contributed by atoms with E-state index in [1.807, 2.05) is 61.0 Å². The molecule has 2 heteroatoms. The third-order valence-corrected chi connectivity index (χ3v) is 3.53. The lowest BCUT2D eigenvalue weighted by molar-refractivity contribution is 0.0909. The molecular weight excluding hydrogens is 216 g/mol. The first-order chi connectivity index (χ1) is 7.62. The van der Waals surface area contributed by atoms with Gasteiger partial charge in [-0.3, -0.25) is 4.79 Å². The van der Waals surface area contributed by atoms with Gasteiger partial charge in [-0.25, -0.2) is 0 Å². The van der Waals surface area contributed by atoms with Crippen molar-refractivity contribution in [2.75, 3.05) is 0 Å². The van der Waals surface area contributed by atoms with Crippen LogP contribution in [-0.4, -0.2) is 5.78 Å². The van der Waals surface area contributed by atoms with Crippen molar-refractivity contribution < 1.29 is 4.79 Å². The number of rotatable bonds is 3. The average molecular weight is 230 g/mol. The van der Waals surface area contributed by atoms with E-state index < -0.39 is 5.41 Å². The standard InChI is InChI=1S/C14H14OS/c1-14(2,12-8-9-16-10-12)13(15)11-6-4-3-5-7-11/h3-10H,1-2H3. The summed E-state index contributed by atoms with van der Waals surface area (Å²) in [7, 11) is 0. The summed E-state index contributed by atoms with van der Waals surface area (Å²) in [6.45, 7) is 3.95.